The maximum absolute atomic E-state index is 14.0. The smallest absolute Gasteiger partial charge is 0.165 e. The highest BCUT2D eigenvalue weighted by atomic mass is 19.1. The summed E-state index contributed by atoms with van der Waals surface area (Å²) in [5.74, 6) is 0.748. The fourth-order valence-corrected chi connectivity index (χ4v) is 4.59. The lowest BCUT2D eigenvalue weighted by molar-refractivity contribution is 0.126. The zero-order valence-electron chi connectivity index (χ0n) is 20.1. The normalized spacial score (nSPS) is 18.4. The summed E-state index contributed by atoms with van der Waals surface area (Å²) in [6.45, 7) is 3.64. The SMILES string of the molecule is CNc1cc2c(cn1)c(-c1cnn(C(C)(C)C#N)c1)nn2C1CCC(Oc2ccccc2F)CC1. The Bertz CT molecular complexity index is 1390. The molecule has 35 heavy (non-hydrogen) atoms. The molecule has 9 heteroatoms. The van der Waals surface area contributed by atoms with Crippen molar-refractivity contribution >= 4 is 16.7 Å². The third-order valence-corrected chi connectivity index (χ3v) is 6.67. The zero-order chi connectivity index (χ0) is 24.6. The van der Waals surface area contributed by atoms with E-state index in [4.69, 9.17) is 9.84 Å². The fraction of sp³-hybridized carbons (Fsp3) is 0.385. The van der Waals surface area contributed by atoms with Gasteiger partial charge < -0.3 is 10.1 Å². The lowest BCUT2D eigenvalue weighted by Crippen LogP contribution is -2.26. The van der Waals surface area contributed by atoms with E-state index in [1.54, 1.807) is 29.1 Å². The summed E-state index contributed by atoms with van der Waals surface area (Å²) in [5, 5.41) is 23.0. The lowest BCUT2D eigenvalue weighted by atomic mass is 9.93. The molecule has 1 aliphatic carbocycles. The molecule has 3 aromatic heterocycles. The Labute approximate surface area is 203 Å². The molecule has 1 N–H and O–H groups in total. The lowest BCUT2D eigenvalue weighted by Gasteiger charge is -2.29. The minimum absolute atomic E-state index is 0.0228. The highest BCUT2D eigenvalue weighted by molar-refractivity contribution is 5.93. The van der Waals surface area contributed by atoms with Gasteiger partial charge in [0, 0.05) is 36.5 Å². The number of aromatic nitrogens is 5. The summed E-state index contributed by atoms with van der Waals surface area (Å²) < 4.78 is 23.7. The minimum atomic E-state index is -0.759. The second-order valence-corrected chi connectivity index (χ2v) is 9.45. The Morgan fingerprint density at radius 1 is 1.17 bits per heavy atom. The van der Waals surface area contributed by atoms with E-state index in [-0.39, 0.29) is 18.0 Å². The van der Waals surface area contributed by atoms with E-state index in [9.17, 15) is 9.65 Å². The number of hydrogen-bond donors (Lipinski definition) is 1. The average molecular weight is 474 g/mol. The summed E-state index contributed by atoms with van der Waals surface area (Å²) in [4.78, 5) is 4.51. The predicted octanol–water partition coefficient (Wildman–Crippen LogP) is 5.30. The van der Waals surface area contributed by atoms with E-state index >= 15 is 0 Å². The van der Waals surface area contributed by atoms with Gasteiger partial charge in [0.25, 0.3) is 0 Å². The van der Waals surface area contributed by atoms with E-state index in [1.165, 1.54) is 6.07 Å². The summed E-state index contributed by atoms with van der Waals surface area (Å²) in [7, 11) is 1.84. The number of rotatable bonds is 6. The number of pyridine rings is 1. The van der Waals surface area contributed by atoms with Crippen molar-refractivity contribution in [3.63, 3.8) is 0 Å². The average Bonchev–Trinajstić information content (AvgIpc) is 3.51. The van der Waals surface area contributed by atoms with Crippen molar-refractivity contribution in [3.05, 3.63) is 54.7 Å². The fourth-order valence-electron chi connectivity index (χ4n) is 4.59. The van der Waals surface area contributed by atoms with Crippen molar-refractivity contribution < 1.29 is 9.13 Å². The maximum atomic E-state index is 14.0. The largest absolute Gasteiger partial charge is 0.487 e. The van der Waals surface area contributed by atoms with E-state index in [0.717, 1.165) is 53.7 Å². The van der Waals surface area contributed by atoms with Crippen LogP contribution >= 0.6 is 0 Å². The van der Waals surface area contributed by atoms with Gasteiger partial charge in [0.2, 0.25) is 0 Å². The molecule has 0 radical (unpaired) electrons. The molecule has 0 aliphatic heterocycles. The number of ether oxygens (including phenoxy) is 1. The van der Waals surface area contributed by atoms with Gasteiger partial charge in [-0.25, -0.2) is 9.37 Å². The molecule has 0 bridgehead atoms. The van der Waals surface area contributed by atoms with Crippen LogP contribution in [-0.4, -0.2) is 37.7 Å². The summed E-state index contributed by atoms with van der Waals surface area (Å²) in [5.41, 5.74) is 1.86. The van der Waals surface area contributed by atoms with Crippen molar-refractivity contribution in [1.82, 2.24) is 24.5 Å². The van der Waals surface area contributed by atoms with Gasteiger partial charge in [-0.3, -0.25) is 9.36 Å². The number of anilines is 1. The molecule has 1 aromatic carbocycles. The molecule has 5 rings (SSSR count). The van der Waals surface area contributed by atoms with Crippen LogP contribution in [0, 0.1) is 17.1 Å². The first-order valence-electron chi connectivity index (χ1n) is 11.8. The Morgan fingerprint density at radius 3 is 2.66 bits per heavy atom. The molecule has 3 heterocycles. The number of nitriles is 1. The highest BCUT2D eigenvalue weighted by Gasteiger charge is 2.28. The van der Waals surface area contributed by atoms with Gasteiger partial charge >= 0.3 is 0 Å². The first-order chi connectivity index (χ1) is 16.9. The van der Waals surface area contributed by atoms with Crippen molar-refractivity contribution in [2.75, 3.05) is 12.4 Å². The Hall–Kier alpha value is -3.93. The summed E-state index contributed by atoms with van der Waals surface area (Å²) in [6, 6.07) is 11.0. The number of halogens is 1. The topological polar surface area (TPSA) is 93.6 Å². The molecule has 8 nitrogen and oxygen atoms in total. The standard InChI is InChI=1S/C26H28FN7O/c1-26(2,16-28)33-15-17(13-31-33)25-20-14-30-24(29-3)12-22(20)34(32-25)18-8-10-19(11-9-18)35-23-7-5-4-6-21(23)27/h4-7,12-15,18-19H,8-11H2,1-3H3,(H,29,30). The van der Waals surface area contributed by atoms with Gasteiger partial charge in [0.15, 0.2) is 11.6 Å². The zero-order valence-corrected chi connectivity index (χ0v) is 20.1. The number of fused-ring (bicyclic) bond motifs is 1. The molecular weight excluding hydrogens is 445 g/mol. The molecule has 0 saturated heterocycles. The van der Waals surface area contributed by atoms with Gasteiger partial charge in [0.05, 0.1) is 29.9 Å². The van der Waals surface area contributed by atoms with Crippen molar-refractivity contribution in [3.8, 4) is 23.1 Å². The first kappa shape index (κ1) is 22.8. The van der Waals surface area contributed by atoms with E-state index in [2.05, 4.69) is 26.2 Å². The van der Waals surface area contributed by atoms with Crippen LogP contribution in [0.25, 0.3) is 22.2 Å². The highest BCUT2D eigenvalue weighted by Crippen LogP contribution is 2.37. The van der Waals surface area contributed by atoms with Gasteiger partial charge in [-0.2, -0.15) is 15.5 Å². The molecule has 4 aromatic rings. The van der Waals surface area contributed by atoms with Crippen LogP contribution in [0.5, 0.6) is 5.75 Å². The van der Waals surface area contributed by atoms with Crippen molar-refractivity contribution in [2.45, 2.75) is 57.2 Å². The van der Waals surface area contributed by atoms with Crippen LogP contribution in [0.3, 0.4) is 0 Å². The second kappa shape index (κ2) is 9.02. The van der Waals surface area contributed by atoms with Crippen molar-refractivity contribution in [2.24, 2.45) is 0 Å². The molecule has 1 saturated carbocycles. The number of benzene rings is 1. The Morgan fingerprint density at radius 2 is 1.94 bits per heavy atom. The summed E-state index contributed by atoms with van der Waals surface area (Å²) in [6.07, 6.45) is 8.78. The molecule has 1 aliphatic rings. The second-order valence-electron chi connectivity index (χ2n) is 9.45. The quantitative estimate of drug-likeness (QED) is 0.409. The van der Waals surface area contributed by atoms with Crippen LogP contribution < -0.4 is 10.1 Å². The monoisotopic (exact) mass is 473 g/mol. The van der Waals surface area contributed by atoms with Crippen LogP contribution in [0.15, 0.2) is 48.9 Å². The molecule has 0 spiro atoms. The molecule has 180 valence electrons. The third kappa shape index (κ3) is 4.32. The molecule has 0 unspecified atom stereocenters. The predicted molar refractivity (Wildman–Crippen MR) is 132 cm³/mol. The Balaban J connectivity index is 1.44. The van der Waals surface area contributed by atoms with Crippen LogP contribution in [-0.2, 0) is 5.54 Å². The number of hydrogen-bond acceptors (Lipinski definition) is 6. The van der Waals surface area contributed by atoms with Crippen LogP contribution in [0.1, 0.15) is 45.6 Å². The third-order valence-electron chi connectivity index (χ3n) is 6.67. The number of nitrogens with one attached hydrogen (secondary N) is 1. The van der Waals surface area contributed by atoms with Gasteiger partial charge in [-0.1, -0.05) is 12.1 Å². The maximum Gasteiger partial charge on any atom is 0.165 e. The van der Waals surface area contributed by atoms with Crippen molar-refractivity contribution in [1.29, 1.82) is 5.26 Å². The molecule has 0 amide bonds. The van der Waals surface area contributed by atoms with E-state index < -0.39 is 5.54 Å². The first-order valence-corrected chi connectivity index (χ1v) is 11.8. The molecule has 0 atom stereocenters. The number of nitrogens with zero attached hydrogens (tertiary/aromatic N) is 6. The van der Waals surface area contributed by atoms with Crippen LogP contribution in [0.2, 0.25) is 0 Å². The minimum Gasteiger partial charge on any atom is -0.487 e. The van der Waals surface area contributed by atoms with Gasteiger partial charge in [-0.15, -0.1) is 0 Å². The molecular formula is C26H28FN7O. The van der Waals surface area contributed by atoms with Crippen LogP contribution in [0.4, 0.5) is 10.2 Å². The molecule has 1 fully saturated rings. The Kier molecular flexibility index (Phi) is 5.89. The van der Waals surface area contributed by atoms with E-state index in [0.29, 0.717) is 5.75 Å². The summed E-state index contributed by atoms with van der Waals surface area (Å²) >= 11 is 0. The van der Waals surface area contributed by atoms with Gasteiger partial charge in [0.1, 0.15) is 17.1 Å². The number of para-hydroxylation sites is 1. The van der Waals surface area contributed by atoms with E-state index in [1.807, 2.05) is 39.4 Å². The van der Waals surface area contributed by atoms with Gasteiger partial charge in [-0.05, 0) is 51.7 Å².